The van der Waals surface area contributed by atoms with E-state index < -0.39 is 5.97 Å². The standard InChI is InChI=1S/C11H21NO2/c1-4-8(2)7-12(3)10(11(13)14)9-5-6-9/h8-10H,4-7H2,1-3H3,(H,13,14). The lowest BCUT2D eigenvalue weighted by atomic mass is 10.1. The molecule has 0 bridgehead atoms. The molecule has 0 aliphatic heterocycles. The van der Waals surface area contributed by atoms with Crippen LogP contribution in [0.1, 0.15) is 33.1 Å². The van der Waals surface area contributed by atoms with Crippen LogP contribution in [0.25, 0.3) is 0 Å². The molecule has 0 aromatic rings. The Bertz CT molecular complexity index is 201. The Morgan fingerprint density at radius 1 is 1.57 bits per heavy atom. The maximum absolute atomic E-state index is 11.1. The van der Waals surface area contributed by atoms with Gasteiger partial charge in [-0.15, -0.1) is 0 Å². The van der Waals surface area contributed by atoms with Gasteiger partial charge in [-0.2, -0.15) is 0 Å². The summed E-state index contributed by atoms with van der Waals surface area (Å²) >= 11 is 0. The number of aliphatic carboxylic acids is 1. The number of rotatable bonds is 6. The summed E-state index contributed by atoms with van der Waals surface area (Å²) in [5, 5.41) is 9.10. The van der Waals surface area contributed by atoms with Crippen molar-refractivity contribution >= 4 is 5.97 Å². The van der Waals surface area contributed by atoms with E-state index in [2.05, 4.69) is 13.8 Å². The summed E-state index contributed by atoms with van der Waals surface area (Å²) in [4.78, 5) is 13.1. The van der Waals surface area contributed by atoms with Crippen molar-refractivity contribution in [3.63, 3.8) is 0 Å². The minimum Gasteiger partial charge on any atom is -0.480 e. The van der Waals surface area contributed by atoms with Crippen molar-refractivity contribution in [3.8, 4) is 0 Å². The first-order valence-electron chi connectivity index (χ1n) is 5.49. The van der Waals surface area contributed by atoms with Gasteiger partial charge in [-0.1, -0.05) is 20.3 Å². The van der Waals surface area contributed by atoms with Crippen molar-refractivity contribution in [3.05, 3.63) is 0 Å². The molecule has 2 atom stereocenters. The third-order valence-electron chi connectivity index (χ3n) is 3.09. The summed E-state index contributed by atoms with van der Waals surface area (Å²) < 4.78 is 0. The van der Waals surface area contributed by atoms with Crippen molar-refractivity contribution < 1.29 is 9.90 Å². The number of carbonyl (C=O) groups is 1. The fourth-order valence-electron chi connectivity index (χ4n) is 1.90. The van der Waals surface area contributed by atoms with Gasteiger partial charge in [-0.25, -0.2) is 0 Å². The molecular formula is C11H21NO2. The number of hydrogen-bond donors (Lipinski definition) is 1. The fourth-order valence-corrected chi connectivity index (χ4v) is 1.90. The zero-order valence-corrected chi connectivity index (χ0v) is 9.36. The first-order chi connectivity index (χ1) is 6.56. The Morgan fingerprint density at radius 3 is 2.50 bits per heavy atom. The first-order valence-corrected chi connectivity index (χ1v) is 5.49. The van der Waals surface area contributed by atoms with Crippen LogP contribution in [0.5, 0.6) is 0 Å². The number of nitrogens with zero attached hydrogens (tertiary/aromatic N) is 1. The van der Waals surface area contributed by atoms with Crippen molar-refractivity contribution in [2.24, 2.45) is 11.8 Å². The Hall–Kier alpha value is -0.570. The Morgan fingerprint density at radius 2 is 2.14 bits per heavy atom. The third kappa shape index (κ3) is 2.98. The number of likely N-dealkylation sites (N-methyl/N-ethyl adjacent to an activating group) is 1. The fraction of sp³-hybridized carbons (Fsp3) is 0.909. The van der Waals surface area contributed by atoms with E-state index in [4.69, 9.17) is 5.11 Å². The van der Waals surface area contributed by atoms with Crippen LogP contribution in [0.2, 0.25) is 0 Å². The van der Waals surface area contributed by atoms with E-state index in [1.807, 2.05) is 11.9 Å². The predicted octanol–water partition coefficient (Wildman–Crippen LogP) is 1.83. The quantitative estimate of drug-likeness (QED) is 0.709. The number of carboxylic acids is 1. The van der Waals surface area contributed by atoms with E-state index in [0.717, 1.165) is 25.8 Å². The molecule has 82 valence electrons. The predicted molar refractivity (Wildman–Crippen MR) is 56.2 cm³/mol. The Balaban J connectivity index is 2.46. The molecule has 1 saturated carbocycles. The smallest absolute Gasteiger partial charge is 0.321 e. The van der Waals surface area contributed by atoms with E-state index >= 15 is 0 Å². The summed E-state index contributed by atoms with van der Waals surface area (Å²) in [5.74, 6) is 0.334. The van der Waals surface area contributed by atoms with E-state index in [0.29, 0.717) is 11.8 Å². The second-order valence-electron chi connectivity index (χ2n) is 4.57. The molecule has 0 heterocycles. The van der Waals surface area contributed by atoms with Gasteiger partial charge in [-0.3, -0.25) is 9.69 Å². The molecule has 0 saturated heterocycles. The topological polar surface area (TPSA) is 40.5 Å². The van der Waals surface area contributed by atoms with Crippen LogP contribution < -0.4 is 0 Å². The SMILES string of the molecule is CCC(C)CN(C)C(C(=O)O)C1CC1. The van der Waals surface area contributed by atoms with Gasteiger partial charge >= 0.3 is 5.97 Å². The summed E-state index contributed by atoms with van der Waals surface area (Å²) in [6, 6.07) is -0.246. The van der Waals surface area contributed by atoms with Crippen LogP contribution >= 0.6 is 0 Å². The molecule has 1 fully saturated rings. The molecule has 3 heteroatoms. The first kappa shape index (κ1) is 11.5. The van der Waals surface area contributed by atoms with Crippen molar-refractivity contribution in [1.82, 2.24) is 4.90 Å². The minimum absolute atomic E-state index is 0.246. The summed E-state index contributed by atoms with van der Waals surface area (Å²) in [5.41, 5.74) is 0. The van der Waals surface area contributed by atoms with E-state index in [9.17, 15) is 4.79 Å². The van der Waals surface area contributed by atoms with Gasteiger partial charge in [0.05, 0.1) is 0 Å². The van der Waals surface area contributed by atoms with Crippen LogP contribution in [-0.2, 0) is 4.79 Å². The van der Waals surface area contributed by atoms with Gasteiger partial charge in [0.25, 0.3) is 0 Å². The number of carboxylic acid groups (broad SMARTS) is 1. The van der Waals surface area contributed by atoms with Gasteiger partial charge in [0.15, 0.2) is 0 Å². The molecule has 14 heavy (non-hydrogen) atoms. The summed E-state index contributed by atoms with van der Waals surface area (Å²) in [6.07, 6.45) is 3.28. The highest BCUT2D eigenvalue weighted by molar-refractivity contribution is 5.74. The van der Waals surface area contributed by atoms with Crippen LogP contribution in [0.4, 0.5) is 0 Å². The second-order valence-corrected chi connectivity index (χ2v) is 4.57. The van der Waals surface area contributed by atoms with Crippen LogP contribution in [0.15, 0.2) is 0 Å². The molecule has 0 aromatic carbocycles. The highest BCUT2D eigenvalue weighted by atomic mass is 16.4. The van der Waals surface area contributed by atoms with Gasteiger partial charge in [0.2, 0.25) is 0 Å². The maximum Gasteiger partial charge on any atom is 0.321 e. The minimum atomic E-state index is -0.654. The van der Waals surface area contributed by atoms with E-state index in [1.54, 1.807) is 0 Å². The van der Waals surface area contributed by atoms with Crippen LogP contribution in [0.3, 0.4) is 0 Å². The van der Waals surface area contributed by atoms with Crippen LogP contribution in [0, 0.1) is 11.8 Å². The molecular weight excluding hydrogens is 178 g/mol. The molecule has 1 aliphatic carbocycles. The summed E-state index contributed by atoms with van der Waals surface area (Å²) in [7, 11) is 1.93. The second kappa shape index (κ2) is 4.78. The van der Waals surface area contributed by atoms with Crippen molar-refractivity contribution in [1.29, 1.82) is 0 Å². The Labute approximate surface area is 86.1 Å². The van der Waals surface area contributed by atoms with Gasteiger partial charge in [0.1, 0.15) is 6.04 Å². The van der Waals surface area contributed by atoms with E-state index in [-0.39, 0.29) is 6.04 Å². The van der Waals surface area contributed by atoms with Gasteiger partial charge in [-0.05, 0) is 31.7 Å². The molecule has 0 spiro atoms. The van der Waals surface area contributed by atoms with E-state index in [1.165, 1.54) is 0 Å². The van der Waals surface area contributed by atoms with Crippen molar-refractivity contribution in [2.45, 2.75) is 39.2 Å². The summed E-state index contributed by atoms with van der Waals surface area (Å²) in [6.45, 7) is 5.21. The largest absolute Gasteiger partial charge is 0.480 e. The van der Waals surface area contributed by atoms with Gasteiger partial charge in [0, 0.05) is 6.54 Å². The number of hydrogen-bond acceptors (Lipinski definition) is 2. The lowest BCUT2D eigenvalue weighted by molar-refractivity contribution is -0.143. The zero-order chi connectivity index (χ0) is 10.7. The van der Waals surface area contributed by atoms with Gasteiger partial charge < -0.3 is 5.11 Å². The lowest BCUT2D eigenvalue weighted by Gasteiger charge is -2.26. The van der Waals surface area contributed by atoms with Crippen molar-refractivity contribution in [2.75, 3.05) is 13.6 Å². The Kier molecular flexibility index (Phi) is 3.93. The van der Waals surface area contributed by atoms with Crippen LogP contribution in [-0.4, -0.2) is 35.6 Å². The average molecular weight is 199 g/mol. The molecule has 1 aliphatic rings. The average Bonchev–Trinajstić information content (AvgIpc) is 2.87. The highest BCUT2D eigenvalue weighted by Crippen LogP contribution is 2.35. The molecule has 1 rings (SSSR count). The molecule has 0 radical (unpaired) electrons. The highest BCUT2D eigenvalue weighted by Gasteiger charge is 2.38. The zero-order valence-electron chi connectivity index (χ0n) is 9.36. The third-order valence-corrected chi connectivity index (χ3v) is 3.09. The molecule has 3 nitrogen and oxygen atoms in total. The molecule has 1 N–H and O–H groups in total. The molecule has 0 amide bonds. The molecule has 2 unspecified atom stereocenters. The lowest BCUT2D eigenvalue weighted by Crippen LogP contribution is -2.42. The molecule has 0 aromatic heterocycles. The maximum atomic E-state index is 11.1. The monoisotopic (exact) mass is 199 g/mol. The normalized spacial score (nSPS) is 20.9.